The number of rotatable bonds is 3. The lowest BCUT2D eigenvalue weighted by Gasteiger charge is -2.40. The molecule has 3 saturated heterocycles. The van der Waals surface area contributed by atoms with Crippen LogP contribution in [0.15, 0.2) is 21.2 Å². The largest absolute Gasteiger partial charge is 0.373 e. The van der Waals surface area contributed by atoms with E-state index in [2.05, 4.69) is 0 Å². The molecule has 10 heteroatoms. The number of carbonyl (C=O) groups is 2. The first-order chi connectivity index (χ1) is 12.6. The number of imide groups is 1. The fourth-order valence-corrected chi connectivity index (χ4v) is 7.70. The molecule has 8 atom stereocenters. The van der Waals surface area contributed by atoms with Crippen molar-refractivity contribution >= 4 is 69.8 Å². The molecular weight excluding hydrogens is 459 g/mol. The van der Waals surface area contributed by atoms with E-state index in [0.29, 0.717) is 21.5 Å². The van der Waals surface area contributed by atoms with E-state index >= 15 is 0 Å². The molecular formula is C17H14Cl5NO4. The van der Waals surface area contributed by atoms with E-state index in [1.54, 1.807) is 13.0 Å². The van der Waals surface area contributed by atoms with Crippen LogP contribution in [-0.2, 0) is 19.2 Å². The van der Waals surface area contributed by atoms with Gasteiger partial charge in [-0.15, -0.1) is 23.2 Å². The predicted octanol–water partition coefficient (Wildman–Crippen LogP) is 3.74. The van der Waals surface area contributed by atoms with Crippen LogP contribution in [-0.4, -0.2) is 45.4 Å². The molecule has 4 fully saturated rings. The maximum atomic E-state index is 12.9. The zero-order chi connectivity index (χ0) is 19.5. The van der Waals surface area contributed by atoms with Crippen molar-refractivity contribution in [2.45, 2.75) is 35.3 Å². The highest BCUT2D eigenvalue weighted by Gasteiger charge is 2.82. The number of halogens is 5. The van der Waals surface area contributed by atoms with Crippen molar-refractivity contribution in [2.24, 2.45) is 23.7 Å². The van der Waals surface area contributed by atoms with E-state index in [4.69, 9.17) is 67.6 Å². The van der Waals surface area contributed by atoms with Crippen LogP contribution in [0.5, 0.6) is 0 Å². The predicted molar refractivity (Wildman–Crippen MR) is 101 cm³/mol. The van der Waals surface area contributed by atoms with Gasteiger partial charge >= 0.3 is 0 Å². The summed E-state index contributed by atoms with van der Waals surface area (Å²) in [5.74, 6) is -2.70. The lowest BCUT2D eigenvalue weighted by molar-refractivity contribution is -0.189. The SMILES string of the molecule is C/C(Cl)=C\CON1C(=O)[C@H]2[C@H]3O[C@H]([C@@H]2C1=O)[C@@H]1[C@@H]3[C@]2(Cl)C[C@]1(Cl)C(Cl)=C2Cl. The minimum Gasteiger partial charge on any atom is -0.373 e. The third-order valence-electron chi connectivity index (χ3n) is 6.54. The Kier molecular flexibility index (Phi) is 4.06. The average molecular weight is 474 g/mol. The number of alkyl halides is 2. The van der Waals surface area contributed by atoms with Crippen LogP contribution in [0.4, 0.5) is 0 Å². The Morgan fingerprint density at radius 1 is 1.15 bits per heavy atom. The molecule has 2 amide bonds. The molecule has 0 radical (unpaired) electrons. The molecule has 5 nitrogen and oxygen atoms in total. The number of hydrogen-bond acceptors (Lipinski definition) is 4. The summed E-state index contributed by atoms with van der Waals surface area (Å²) in [6.45, 7) is 1.70. The van der Waals surface area contributed by atoms with Gasteiger partial charge in [0.1, 0.15) is 0 Å². The van der Waals surface area contributed by atoms with E-state index in [1.165, 1.54) is 0 Å². The van der Waals surface area contributed by atoms with Crippen LogP contribution in [0.25, 0.3) is 0 Å². The van der Waals surface area contributed by atoms with E-state index in [9.17, 15) is 9.59 Å². The highest BCUT2D eigenvalue weighted by atomic mass is 35.5. The summed E-state index contributed by atoms with van der Waals surface area (Å²) in [6.07, 6.45) is 0.851. The molecule has 5 aliphatic rings. The third-order valence-corrected chi connectivity index (χ3v) is 9.18. The fraction of sp³-hybridized carbons (Fsp3) is 0.647. The van der Waals surface area contributed by atoms with E-state index < -0.39 is 45.6 Å². The van der Waals surface area contributed by atoms with Crippen molar-refractivity contribution in [3.8, 4) is 0 Å². The summed E-state index contributed by atoms with van der Waals surface area (Å²) in [4.78, 5) is 29.2. The molecule has 0 unspecified atom stereocenters. The van der Waals surface area contributed by atoms with Crippen molar-refractivity contribution < 1.29 is 19.2 Å². The van der Waals surface area contributed by atoms with Crippen molar-refractivity contribution in [3.05, 3.63) is 21.2 Å². The third kappa shape index (κ3) is 2.12. The lowest BCUT2D eigenvalue weighted by atomic mass is 9.65. The Morgan fingerprint density at radius 3 is 2.07 bits per heavy atom. The van der Waals surface area contributed by atoms with E-state index in [-0.39, 0.29) is 18.4 Å². The zero-order valence-electron chi connectivity index (χ0n) is 13.9. The van der Waals surface area contributed by atoms with Gasteiger partial charge < -0.3 is 4.74 Å². The van der Waals surface area contributed by atoms with Gasteiger partial charge in [0.25, 0.3) is 11.8 Å². The second kappa shape index (κ2) is 5.78. The standard InChI is InChI=1S/C17H14Cl5NO4/c1-5(18)2-3-26-23-14(24)6-7(15(23)25)11-9-8(10(6)27-11)16(21)4-17(9,22)13(20)12(16)19/h2,6-11H,3-4H2,1H3/b5-2+/t6-,7-,8+,9+,10-,11-,16-,17-/m1/s1. The van der Waals surface area contributed by atoms with Crippen molar-refractivity contribution in [1.29, 1.82) is 0 Å². The van der Waals surface area contributed by atoms with Gasteiger partial charge in [-0.25, -0.2) is 0 Å². The first-order valence-electron chi connectivity index (χ1n) is 8.55. The van der Waals surface area contributed by atoms with E-state index in [0.717, 1.165) is 5.06 Å². The summed E-state index contributed by atoms with van der Waals surface area (Å²) in [6, 6.07) is 0. The number of hydroxylamine groups is 2. The Labute approximate surface area is 180 Å². The zero-order valence-corrected chi connectivity index (χ0v) is 17.7. The fourth-order valence-electron chi connectivity index (χ4n) is 5.62. The number of amides is 2. The molecule has 2 aliphatic carbocycles. The molecule has 3 aliphatic heterocycles. The quantitative estimate of drug-likeness (QED) is 0.463. The number of nitrogens with zero attached hydrogens (tertiary/aromatic N) is 1. The Balaban J connectivity index is 1.49. The first-order valence-corrected chi connectivity index (χ1v) is 10.4. The number of fused-ring (bicyclic) bond motifs is 12. The van der Waals surface area contributed by atoms with Crippen LogP contribution in [0.3, 0.4) is 0 Å². The maximum absolute atomic E-state index is 12.9. The molecule has 0 aromatic heterocycles. The van der Waals surface area contributed by atoms with Gasteiger partial charge in [-0.1, -0.05) is 34.8 Å². The van der Waals surface area contributed by atoms with Gasteiger partial charge in [0.05, 0.1) is 50.5 Å². The van der Waals surface area contributed by atoms with Crippen LogP contribution in [0.1, 0.15) is 13.3 Å². The smallest absolute Gasteiger partial charge is 0.260 e. The van der Waals surface area contributed by atoms with E-state index in [1.807, 2.05) is 0 Å². The van der Waals surface area contributed by atoms with Gasteiger partial charge in [-0.05, 0) is 19.4 Å². The second-order valence-electron chi connectivity index (χ2n) is 7.76. The summed E-state index contributed by atoms with van der Waals surface area (Å²) in [5, 5.41) is 1.98. The molecule has 27 heavy (non-hydrogen) atoms. The average Bonchev–Trinajstić information content (AvgIpc) is 3.32. The number of allylic oxidation sites excluding steroid dienone is 3. The highest BCUT2D eigenvalue weighted by Crippen LogP contribution is 2.75. The van der Waals surface area contributed by atoms with Gasteiger partial charge in [0.15, 0.2) is 0 Å². The topological polar surface area (TPSA) is 55.8 Å². The molecule has 5 rings (SSSR count). The summed E-state index contributed by atoms with van der Waals surface area (Å²) >= 11 is 32.3. The number of ether oxygens (including phenoxy) is 1. The van der Waals surface area contributed by atoms with Crippen LogP contribution in [0, 0.1) is 23.7 Å². The summed E-state index contributed by atoms with van der Waals surface area (Å²) in [7, 11) is 0. The molecule has 4 bridgehead atoms. The first kappa shape index (κ1) is 19.0. The van der Waals surface area contributed by atoms with Crippen molar-refractivity contribution in [1.82, 2.24) is 5.06 Å². The molecule has 1 saturated carbocycles. The van der Waals surface area contributed by atoms with Crippen LogP contribution in [0.2, 0.25) is 0 Å². The highest BCUT2D eigenvalue weighted by molar-refractivity contribution is 6.51. The Morgan fingerprint density at radius 2 is 1.63 bits per heavy atom. The molecule has 146 valence electrons. The Bertz CT molecular complexity index is 787. The minimum absolute atomic E-state index is 0.0212. The molecule has 0 N–H and O–H groups in total. The molecule has 0 aromatic rings. The van der Waals surface area contributed by atoms with Gasteiger partial charge in [0, 0.05) is 16.9 Å². The lowest BCUT2D eigenvalue weighted by Crippen LogP contribution is -2.50. The Hall–Kier alpha value is -0.0100. The minimum atomic E-state index is -0.967. The van der Waals surface area contributed by atoms with Crippen molar-refractivity contribution in [3.63, 3.8) is 0 Å². The molecule has 0 aromatic carbocycles. The normalized spacial score (nSPS) is 50.3. The second-order valence-corrected chi connectivity index (χ2v) is 10.5. The van der Waals surface area contributed by atoms with Crippen molar-refractivity contribution in [2.75, 3.05) is 6.61 Å². The number of carbonyl (C=O) groups excluding carboxylic acids is 2. The summed E-state index contributed by atoms with van der Waals surface area (Å²) < 4.78 is 6.08. The molecule has 0 spiro atoms. The monoisotopic (exact) mass is 471 g/mol. The van der Waals surface area contributed by atoms with Gasteiger partial charge in [0.2, 0.25) is 0 Å². The van der Waals surface area contributed by atoms with Gasteiger partial charge in [-0.2, -0.15) is 5.06 Å². The van der Waals surface area contributed by atoms with Crippen LogP contribution < -0.4 is 0 Å². The van der Waals surface area contributed by atoms with Crippen LogP contribution >= 0.6 is 58.0 Å². The van der Waals surface area contributed by atoms with Gasteiger partial charge in [-0.3, -0.25) is 14.4 Å². The molecule has 3 heterocycles. The summed E-state index contributed by atoms with van der Waals surface area (Å²) in [5.41, 5.74) is 0. The number of hydrogen-bond donors (Lipinski definition) is 0. The maximum Gasteiger partial charge on any atom is 0.260 e.